The molecule has 0 radical (unpaired) electrons. The molecule has 0 unspecified atom stereocenters. The summed E-state index contributed by atoms with van der Waals surface area (Å²) >= 11 is 0. The first-order valence-electron chi connectivity index (χ1n) is 3.24. The lowest BCUT2D eigenvalue weighted by Crippen LogP contribution is -2.33. The van der Waals surface area contributed by atoms with E-state index in [4.69, 9.17) is 0 Å². The molecule has 0 aromatic heterocycles. The number of likely N-dealkylation sites (N-methyl/N-ethyl adjacent to an activating group) is 2. The van der Waals surface area contributed by atoms with Crippen LogP contribution in [0.25, 0.3) is 0 Å². The van der Waals surface area contributed by atoms with Crippen LogP contribution in [0.3, 0.4) is 0 Å². The van der Waals surface area contributed by atoms with Gasteiger partial charge in [-0.3, -0.25) is 5.01 Å². The fraction of sp³-hybridized carbons (Fsp3) is 1.00. The van der Waals surface area contributed by atoms with Crippen molar-refractivity contribution < 1.29 is 4.87 Å². The SMILES string of the molecule is CN(CCN(C)[N+](C)=O)N=O. The molecule has 6 heteroatoms. The molecule has 0 aliphatic rings. The van der Waals surface area contributed by atoms with Crippen LogP contribution < -0.4 is 0 Å². The normalized spacial score (nSPS) is 9.00. The van der Waals surface area contributed by atoms with E-state index in [0.717, 1.165) is 0 Å². The summed E-state index contributed by atoms with van der Waals surface area (Å²) in [6, 6.07) is 0. The minimum absolute atomic E-state index is 0.451. The van der Waals surface area contributed by atoms with E-state index in [0.29, 0.717) is 18.0 Å². The molecule has 0 bridgehead atoms. The van der Waals surface area contributed by atoms with Crippen LogP contribution in [0.15, 0.2) is 5.29 Å². The van der Waals surface area contributed by atoms with Gasteiger partial charge in [0.15, 0.2) is 0 Å². The van der Waals surface area contributed by atoms with Crippen molar-refractivity contribution >= 4 is 0 Å². The van der Waals surface area contributed by atoms with Crippen LogP contribution in [0.5, 0.6) is 0 Å². The van der Waals surface area contributed by atoms with E-state index < -0.39 is 0 Å². The van der Waals surface area contributed by atoms with Crippen molar-refractivity contribution in [1.29, 1.82) is 0 Å². The molecule has 11 heavy (non-hydrogen) atoms. The predicted molar refractivity (Wildman–Crippen MR) is 40.6 cm³/mol. The Hall–Kier alpha value is -1.20. The van der Waals surface area contributed by atoms with Crippen molar-refractivity contribution in [2.24, 2.45) is 5.29 Å². The molecule has 0 saturated heterocycles. The number of nitroso groups, excluding NO2 is 2. The zero-order valence-corrected chi connectivity index (χ0v) is 7.02. The molecule has 6 nitrogen and oxygen atoms in total. The van der Waals surface area contributed by atoms with Crippen LogP contribution in [0, 0.1) is 9.81 Å². The van der Waals surface area contributed by atoms with Crippen LogP contribution in [0.4, 0.5) is 0 Å². The first-order valence-corrected chi connectivity index (χ1v) is 3.24. The van der Waals surface area contributed by atoms with E-state index >= 15 is 0 Å². The molecule has 0 spiro atoms. The summed E-state index contributed by atoms with van der Waals surface area (Å²) < 4.78 is 0. The smallest absolute Gasteiger partial charge is 0.216 e. The summed E-state index contributed by atoms with van der Waals surface area (Å²) in [6.07, 6.45) is 0. The third kappa shape index (κ3) is 4.24. The Balaban J connectivity index is 3.53. The van der Waals surface area contributed by atoms with Gasteiger partial charge in [0.1, 0.15) is 4.87 Å². The minimum Gasteiger partial charge on any atom is -0.262 e. The highest BCUT2D eigenvalue weighted by Crippen LogP contribution is 1.85. The van der Waals surface area contributed by atoms with Gasteiger partial charge in [0, 0.05) is 7.05 Å². The summed E-state index contributed by atoms with van der Waals surface area (Å²) in [7, 11) is 4.60. The quantitative estimate of drug-likeness (QED) is 0.320. The predicted octanol–water partition coefficient (Wildman–Crippen LogP) is -0.145. The molecule has 0 aromatic carbocycles. The second kappa shape index (κ2) is 4.59. The van der Waals surface area contributed by atoms with E-state index in [9.17, 15) is 9.81 Å². The number of rotatable bonds is 5. The van der Waals surface area contributed by atoms with Crippen molar-refractivity contribution in [1.82, 2.24) is 10.0 Å². The molecular weight excluding hydrogens is 148 g/mol. The lowest BCUT2D eigenvalue weighted by atomic mass is 10.6. The largest absolute Gasteiger partial charge is 0.262 e. The summed E-state index contributed by atoms with van der Waals surface area (Å²) in [6.45, 7) is 0.939. The zero-order chi connectivity index (χ0) is 8.85. The van der Waals surface area contributed by atoms with Gasteiger partial charge < -0.3 is 0 Å². The van der Waals surface area contributed by atoms with Gasteiger partial charge in [-0.1, -0.05) is 0 Å². The Kier molecular flexibility index (Phi) is 4.09. The fourth-order valence-electron chi connectivity index (χ4n) is 0.471. The van der Waals surface area contributed by atoms with Gasteiger partial charge in [0.25, 0.3) is 0 Å². The second-order valence-corrected chi connectivity index (χ2v) is 2.31. The molecule has 0 saturated carbocycles. The van der Waals surface area contributed by atoms with Crippen molar-refractivity contribution in [2.75, 3.05) is 34.2 Å². The van der Waals surface area contributed by atoms with Gasteiger partial charge >= 0.3 is 0 Å². The fourth-order valence-corrected chi connectivity index (χ4v) is 0.471. The first-order chi connectivity index (χ1) is 5.07. The number of hydrogen-bond donors (Lipinski definition) is 0. The van der Waals surface area contributed by atoms with Gasteiger partial charge in [-0.25, -0.2) is 0 Å². The molecular formula is C5H13N4O2+. The lowest BCUT2D eigenvalue weighted by molar-refractivity contribution is -0.679. The summed E-state index contributed by atoms with van der Waals surface area (Å²) in [5.41, 5.74) is 0. The average Bonchev–Trinajstić information content (AvgIpc) is 1.99. The van der Waals surface area contributed by atoms with Gasteiger partial charge in [-0.15, -0.1) is 9.92 Å². The van der Waals surface area contributed by atoms with Crippen molar-refractivity contribution in [3.8, 4) is 0 Å². The van der Waals surface area contributed by atoms with E-state index in [1.807, 2.05) is 0 Å². The average molecular weight is 161 g/mol. The molecule has 0 aromatic rings. The van der Waals surface area contributed by atoms with E-state index in [-0.39, 0.29) is 0 Å². The van der Waals surface area contributed by atoms with Gasteiger partial charge in [-0.05, 0) is 0 Å². The molecule has 64 valence electrons. The second-order valence-electron chi connectivity index (χ2n) is 2.31. The Morgan fingerprint density at radius 3 is 2.27 bits per heavy atom. The Labute approximate surface area is 65.3 Å². The number of nitrogens with zero attached hydrogens (tertiary/aromatic N) is 4. The third-order valence-electron chi connectivity index (χ3n) is 1.37. The highest BCUT2D eigenvalue weighted by Gasteiger charge is 2.08. The summed E-state index contributed by atoms with van der Waals surface area (Å²) in [5, 5.41) is 5.34. The van der Waals surface area contributed by atoms with E-state index in [1.165, 1.54) is 17.1 Å². The van der Waals surface area contributed by atoms with Crippen molar-refractivity contribution in [2.45, 2.75) is 0 Å². The van der Waals surface area contributed by atoms with Crippen molar-refractivity contribution in [3.63, 3.8) is 0 Å². The lowest BCUT2D eigenvalue weighted by Gasteiger charge is -2.10. The molecule has 0 heterocycles. The maximum absolute atomic E-state index is 10.6. The molecule has 0 fully saturated rings. The molecule has 0 N–H and O–H groups in total. The molecule has 0 atom stereocenters. The Morgan fingerprint density at radius 1 is 1.36 bits per heavy atom. The maximum atomic E-state index is 10.6. The van der Waals surface area contributed by atoms with Crippen LogP contribution in [-0.2, 0) is 0 Å². The summed E-state index contributed by atoms with van der Waals surface area (Å²) in [4.78, 5) is 21.1. The number of hydrogen-bond acceptors (Lipinski definition) is 3. The first kappa shape index (κ1) is 9.80. The highest BCUT2D eigenvalue weighted by atomic mass is 16.3. The summed E-state index contributed by atoms with van der Waals surface area (Å²) in [5.74, 6) is 0. The monoisotopic (exact) mass is 161 g/mol. The highest BCUT2D eigenvalue weighted by molar-refractivity contribution is 4.43. The molecule has 0 amide bonds. The molecule has 0 aliphatic carbocycles. The van der Waals surface area contributed by atoms with Gasteiger partial charge in [0.2, 0.25) is 7.05 Å². The molecule has 0 rings (SSSR count). The third-order valence-corrected chi connectivity index (χ3v) is 1.37. The topological polar surface area (TPSA) is 56.0 Å². The number of hydrazine groups is 1. The minimum atomic E-state index is 0.451. The standard InChI is InChI=1S/C5H13N4O2/c1-7(6-10)4-5-8(2)9(3)11/h4-5H2,1-3H3/q+1. The van der Waals surface area contributed by atoms with Crippen LogP contribution in [-0.4, -0.2) is 49.1 Å². The van der Waals surface area contributed by atoms with E-state index in [2.05, 4.69) is 5.29 Å². The molecule has 0 aliphatic heterocycles. The van der Waals surface area contributed by atoms with Crippen LogP contribution in [0.2, 0.25) is 0 Å². The van der Waals surface area contributed by atoms with Crippen LogP contribution in [0.1, 0.15) is 0 Å². The van der Waals surface area contributed by atoms with Gasteiger partial charge in [-0.2, -0.15) is 0 Å². The zero-order valence-electron chi connectivity index (χ0n) is 7.02. The van der Waals surface area contributed by atoms with E-state index in [1.54, 1.807) is 14.1 Å². The van der Waals surface area contributed by atoms with Crippen LogP contribution >= 0.6 is 0 Å². The van der Waals surface area contributed by atoms with Crippen molar-refractivity contribution in [3.05, 3.63) is 9.81 Å². The Morgan fingerprint density at radius 2 is 1.91 bits per heavy atom. The maximum Gasteiger partial charge on any atom is 0.216 e. The Bertz CT molecular complexity index is 149. The van der Waals surface area contributed by atoms with Gasteiger partial charge in [0.05, 0.1) is 30.3 Å².